The van der Waals surface area contributed by atoms with E-state index in [9.17, 15) is 4.79 Å². The Morgan fingerprint density at radius 3 is 2.81 bits per heavy atom. The molecule has 2 heteroatoms. The third-order valence-corrected chi connectivity index (χ3v) is 3.37. The number of rotatable bonds is 4. The van der Waals surface area contributed by atoms with Crippen molar-refractivity contribution in [2.75, 3.05) is 6.61 Å². The van der Waals surface area contributed by atoms with E-state index in [4.69, 9.17) is 4.74 Å². The molecule has 0 aliphatic heterocycles. The topological polar surface area (TPSA) is 26.3 Å². The molecule has 0 aromatic carbocycles. The standard InChI is InChI=1S/C14H22O2/c1-5-9-16-13(15)10-12-11(2)7-6-8-14(12,3)4/h5H,1,6-10H2,2-4H3. The molecule has 0 heterocycles. The molecule has 16 heavy (non-hydrogen) atoms. The zero-order valence-electron chi connectivity index (χ0n) is 10.6. The Hall–Kier alpha value is -1.05. The number of hydrogen-bond donors (Lipinski definition) is 0. The maximum absolute atomic E-state index is 11.6. The molecule has 1 rings (SSSR count). The molecule has 0 N–H and O–H groups in total. The van der Waals surface area contributed by atoms with Crippen molar-refractivity contribution in [2.24, 2.45) is 5.41 Å². The fraction of sp³-hybridized carbons (Fsp3) is 0.643. The maximum Gasteiger partial charge on any atom is 0.310 e. The van der Waals surface area contributed by atoms with Crippen LogP contribution in [0.15, 0.2) is 23.8 Å². The van der Waals surface area contributed by atoms with Crippen LogP contribution in [0.3, 0.4) is 0 Å². The van der Waals surface area contributed by atoms with Crippen LogP contribution in [0, 0.1) is 5.41 Å². The summed E-state index contributed by atoms with van der Waals surface area (Å²) in [7, 11) is 0. The first-order valence-electron chi connectivity index (χ1n) is 5.93. The van der Waals surface area contributed by atoms with Gasteiger partial charge in [-0.05, 0) is 31.6 Å². The zero-order chi connectivity index (χ0) is 12.2. The highest BCUT2D eigenvalue weighted by molar-refractivity contribution is 5.73. The predicted molar refractivity (Wildman–Crippen MR) is 66.1 cm³/mol. The number of carbonyl (C=O) groups is 1. The van der Waals surface area contributed by atoms with E-state index in [0.29, 0.717) is 13.0 Å². The Labute approximate surface area is 98.4 Å². The molecule has 0 unspecified atom stereocenters. The summed E-state index contributed by atoms with van der Waals surface area (Å²) in [5.41, 5.74) is 2.79. The van der Waals surface area contributed by atoms with Crippen LogP contribution in [-0.4, -0.2) is 12.6 Å². The van der Waals surface area contributed by atoms with Gasteiger partial charge in [-0.2, -0.15) is 0 Å². The summed E-state index contributed by atoms with van der Waals surface area (Å²) in [6, 6.07) is 0. The zero-order valence-corrected chi connectivity index (χ0v) is 10.6. The van der Waals surface area contributed by atoms with Crippen molar-refractivity contribution < 1.29 is 9.53 Å². The van der Waals surface area contributed by atoms with Gasteiger partial charge in [0.1, 0.15) is 6.61 Å². The lowest BCUT2D eigenvalue weighted by atomic mass is 9.71. The largest absolute Gasteiger partial charge is 0.461 e. The molecular weight excluding hydrogens is 200 g/mol. The third kappa shape index (κ3) is 3.22. The van der Waals surface area contributed by atoms with Gasteiger partial charge in [0.05, 0.1) is 6.42 Å². The molecule has 0 bridgehead atoms. The number of esters is 1. The van der Waals surface area contributed by atoms with Crippen LogP contribution in [0.5, 0.6) is 0 Å². The monoisotopic (exact) mass is 222 g/mol. The summed E-state index contributed by atoms with van der Waals surface area (Å²) in [6.45, 7) is 10.4. The molecule has 0 saturated heterocycles. The van der Waals surface area contributed by atoms with E-state index >= 15 is 0 Å². The summed E-state index contributed by atoms with van der Waals surface area (Å²) in [6.07, 6.45) is 5.55. The number of hydrogen-bond acceptors (Lipinski definition) is 2. The van der Waals surface area contributed by atoms with Crippen molar-refractivity contribution in [1.82, 2.24) is 0 Å². The van der Waals surface area contributed by atoms with Gasteiger partial charge in [0.15, 0.2) is 0 Å². The van der Waals surface area contributed by atoms with Gasteiger partial charge >= 0.3 is 5.97 Å². The van der Waals surface area contributed by atoms with Gasteiger partial charge in [-0.15, -0.1) is 0 Å². The summed E-state index contributed by atoms with van der Waals surface area (Å²) >= 11 is 0. The number of carbonyl (C=O) groups excluding carboxylic acids is 1. The van der Waals surface area contributed by atoms with Gasteiger partial charge in [0.2, 0.25) is 0 Å². The number of allylic oxidation sites excluding steroid dienone is 1. The van der Waals surface area contributed by atoms with E-state index in [1.807, 2.05) is 0 Å². The molecule has 1 aliphatic carbocycles. The fourth-order valence-electron chi connectivity index (χ4n) is 2.41. The first kappa shape index (κ1) is 13.0. The van der Waals surface area contributed by atoms with Crippen molar-refractivity contribution in [2.45, 2.75) is 46.5 Å². The minimum absolute atomic E-state index is 0.135. The van der Waals surface area contributed by atoms with E-state index in [-0.39, 0.29) is 11.4 Å². The van der Waals surface area contributed by atoms with E-state index in [1.54, 1.807) is 6.08 Å². The fourth-order valence-corrected chi connectivity index (χ4v) is 2.41. The van der Waals surface area contributed by atoms with E-state index in [1.165, 1.54) is 17.6 Å². The van der Waals surface area contributed by atoms with Crippen molar-refractivity contribution >= 4 is 5.97 Å². The molecule has 0 aromatic heterocycles. The van der Waals surface area contributed by atoms with Crippen LogP contribution in [0.1, 0.15) is 46.5 Å². The highest BCUT2D eigenvalue weighted by Crippen LogP contribution is 2.41. The normalized spacial score (nSPS) is 19.4. The van der Waals surface area contributed by atoms with Crippen LogP contribution >= 0.6 is 0 Å². The first-order valence-corrected chi connectivity index (χ1v) is 5.93. The Bertz CT molecular complexity index is 311. The second kappa shape index (κ2) is 5.33. The minimum Gasteiger partial charge on any atom is -0.461 e. The van der Waals surface area contributed by atoms with Crippen molar-refractivity contribution in [3.05, 3.63) is 23.8 Å². The third-order valence-electron chi connectivity index (χ3n) is 3.37. The van der Waals surface area contributed by atoms with Crippen LogP contribution in [0.2, 0.25) is 0 Å². The second-order valence-corrected chi connectivity index (χ2v) is 5.14. The first-order chi connectivity index (χ1) is 7.47. The SMILES string of the molecule is C=CCOC(=O)CC1=C(C)CCCC1(C)C. The Kier molecular flexibility index (Phi) is 4.34. The lowest BCUT2D eigenvalue weighted by Crippen LogP contribution is -2.23. The van der Waals surface area contributed by atoms with Crippen molar-refractivity contribution in [3.8, 4) is 0 Å². The highest BCUT2D eigenvalue weighted by Gasteiger charge is 2.29. The van der Waals surface area contributed by atoms with Gasteiger partial charge in [-0.1, -0.05) is 37.6 Å². The molecule has 0 fully saturated rings. The molecule has 0 saturated carbocycles. The summed E-state index contributed by atoms with van der Waals surface area (Å²) in [5, 5.41) is 0. The van der Waals surface area contributed by atoms with Gasteiger partial charge in [0, 0.05) is 0 Å². The number of ether oxygens (including phenoxy) is 1. The minimum atomic E-state index is -0.135. The Balaban J connectivity index is 2.69. The highest BCUT2D eigenvalue weighted by atomic mass is 16.5. The predicted octanol–water partition coefficient (Wildman–Crippen LogP) is 3.63. The second-order valence-electron chi connectivity index (χ2n) is 5.14. The Morgan fingerprint density at radius 1 is 1.56 bits per heavy atom. The van der Waals surface area contributed by atoms with Gasteiger partial charge in [-0.25, -0.2) is 0 Å². The van der Waals surface area contributed by atoms with Crippen molar-refractivity contribution in [3.63, 3.8) is 0 Å². The smallest absolute Gasteiger partial charge is 0.310 e. The molecule has 2 nitrogen and oxygen atoms in total. The average Bonchev–Trinajstić information content (AvgIpc) is 2.20. The van der Waals surface area contributed by atoms with E-state index < -0.39 is 0 Å². The molecule has 0 radical (unpaired) electrons. The van der Waals surface area contributed by atoms with Gasteiger partial charge in [-0.3, -0.25) is 4.79 Å². The molecule has 1 aliphatic rings. The maximum atomic E-state index is 11.6. The average molecular weight is 222 g/mol. The Morgan fingerprint density at radius 2 is 2.25 bits per heavy atom. The molecule has 0 aromatic rings. The lowest BCUT2D eigenvalue weighted by molar-refractivity contribution is -0.141. The molecular formula is C14H22O2. The van der Waals surface area contributed by atoms with Crippen LogP contribution in [0.4, 0.5) is 0 Å². The molecule has 0 amide bonds. The summed E-state index contributed by atoms with van der Waals surface area (Å²) < 4.78 is 5.04. The van der Waals surface area contributed by atoms with Crippen LogP contribution in [0.25, 0.3) is 0 Å². The van der Waals surface area contributed by atoms with Crippen LogP contribution in [-0.2, 0) is 9.53 Å². The molecule has 90 valence electrons. The molecule has 0 atom stereocenters. The van der Waals surface area contributed by atoms with Crippen molar-refractivity contribution in [1.29, 1.82) is 0 Å². The van der Waals surface area contributed by atoms with Crippen LogP contribution < -0.4 is 0 Å². The van der Waals surface area contributed by atoms with E-state index in [0.717, 1.165) is 12.8 Å². The van der Waals surface area contributed by atoms with E-state index in [2.05, 4.69) is 27.4 Å². The van der Waals surface area contributed by atoms with Gasteiger partial charge in [0.25, 0.3) is 0 Å². The van der Waals surface area contributed by atoms with Gasteiger partial charge < -0.3 is 4.74 Å². The molecule has 0 spiro atoms. The summed E-state index contributed by atoms with van der Waals surface area (Å²) in [4.78, 5) is 11.6. The summed E-state index contributed by atoms with van der Waals surface area (Å²) in [5.74, 6) is -0.135. The lowest BCUT2D eigenvalue weighted by Gasteiger charge is -2.34. The quantitative estimate of drug-likeness (QED) is 0.536.